The second-order valence-corrected chi connectivity index (χ2v) is 1.35. The van der Waals surface area contributed by atoms with Gasteiger partial charge < -0.3 is 15.9 Å². The Hall–Kier alpha value is -0.870. The third-order valence-electron chi connectivity index (χ3n) is 0.438. The van der Waals surface area contributed by atoms with E-state index in [0.717, 1.165) is 6.08 Å². The largest absolute Gasteiger partial charge is 0.478 e. The van der Waals surface area contributed by atoms with E-state index in [1.807, 2.05) is 0 Å². The number of aliphatic hydroxyl groups excluding tert-OH is 1. The number of aliphatic carboxylic acids is 1. The molecule has 0 heterocycles. The Morgan fingerprint density at radius 3 is 2.10 bits per heavy atom. The molecule has 0 aromatic carbocycles. The number of carboxylic acids is 1. The van der Waals surface area contributed by atoms with Gasteiger partial charge in [-0.1, -0.05) is 6.08 Å². The van der Waals surface area contributed by atoms with Crippen molar-refractivity contribution >= 4 is 5.97 Å². The minimum Gasteiger partial charge on any atom is -0.478 e. The maximum atomic E-state index is 9.51. The molecule has 0 fully saturated rings. The number of nitrogens with two attached hydrogens (primary N) is 1. The van der Waals surface area contributed by atoms with Crippen molar-refractivity contribution in [2.24, 2.45) is 5.73 Å². The molecule has 0 aromatic rings. The van der Waals surface area contributed by atoms with Crippen molar-refractivity contribution in [3.05, 3.63) is 12.2 Å². The van der Waals surface area contributed by atoms with Crippen molar-refractivity contribution < 1.29 is 15.0 Å². The van der Waals surface area contributed by atoms with Crippen LogP contribution < -0.4 is 5.73 Å². The fourth-order valence-corrected chi connectivity index (χ4v) is 0.143. The average molecular weight is 147 g/mol. The number of carbonyl (C=O) groups is 1. The lowest BCUT2D eigenvalue weighted by atomic mass is 10.5. The van der Waals surface area contributed by atoms with Crippen molar-refractivity contribution in [2.75, 3.05) is 13.2 Å². The zero-order valence-electron chi connectivity index (χ0n) is 5.95. The molecule has 4 heteroatoms. The van der Waals surface area contributed by atoms with Crippen LogP contribution in [0.1, 0.15) is 6.92 Å². The summed E-state index contributed by atoms with van der Waals surface area (Å²) in [6.07, 6.45) is 2.56. The molecule has 0 radical (unpaired) electrons. The van der Waals surface area contributed by atoms with E-state index < -0.39 is 5.97 Å². The quantitative estimate of drug-likeness (QED) is 0.463. The smallest absolute Gasteiger partial charge is 0.327 e. The van der Waals surface area contributed by atoms with Crippen molar-refractivity contribution in [2.45, 2.75) is 6.92 Å². The maximum absolute atomic E-state index is 9.51. The van der Waals surface area contributed by atoms with Gasteiger partial charge in [-0.15, -0.1) is 0 Å². The summed E-state index contributed by atoms with van der Waals surface area (Å²) in [6, 6.07) is 0. The highest BCUT2D eigenvalue weighted by Gasteiger charge is 1.76. The predicted molar refractivity (Wildman–Crippen MR) is 38.6 cm³/mol. The fourth-order valence-electron chi connectivity index (χ4n) is 0.143. The molecule has 0 unspecified atom stereocenters. The SMILES string of the molecule is CC=CC(=O)O.NCCO. The second kappa shape index (κ2) is 11.0. The van der Waals surface area contributed by atoms with Crippen LogP contribution in [-0.4, -0.2) is 29.3 Å². The Kier molecular flexibility index (Phi) is 13.1. The van der Waals surface area contributed by atoms with Crippen LogP contribution in [0.25, 0.3) is 0 Å². The first-order valence-corrected chi connectivity index (χ1v) is 2.85. The first-order chi connectivity index (χ1) is 4.68. The number of carboxylic acid groups (broad SMARTS) is 1. The number of hydrogen-bond donors (Lipinski definition) is 3. The molecule has 0 aliphatic carbocycles. The molecule has 0 amide bonds. The third-order valence-corrected chi connectivity index (χ3v) is 0.438. The molecule has 0 aromatic heterocycles. The summed E-state index contributed by atoms with van der Waals surface area (Å²) in [6.45, 7) is 2.13. The van der Waals surface area contributed by atoms with Gasteiger partial charge in [0.05, 0.1) is 6.61 Å². The van der Waals surface area contributed by atoms with Crippen molar-refractivity contribution in [1.29, 1.82) is 0 Å². The predicted octanol–water partition coefficient (Wildman–Crippen LogP) is -0.415. The van der Waals surface area contributed by atoms with Gasteiger partial charge in [-0.25, -0.2) is 4.79 Å². The van der Waals surface area contributed by atoms with E-state index in [2.05, 4.69) is 0 Å². The first kappa shape index (κ1) is 11.9. The molecule has 0 saturated carbocycles. The highest BCUT2D eigenvalue weighted by Crippen LogP contribution is 1.65. The summed E-state index contributed by atoms with van der Waals surface area (Å²) in [5.41, 5.74) is 4.78. The van der Waals surface area contributed by atoms with Crippen LogP contribution in [0, 0.1) is 0 Å². The minimum atomic E-state index is -0.891. The number of allylic oxidation sites excluding steroid dienone is 1. The Balaban J connectivity index is 0. The maximum Gasteiger partial charge on any atom is 0.327 e. The van der Waals surface area contributed by atoms with Gasteiger partial charge in [0.15, 0.2) is 0 Å². The normalized spacial score (nSPS) is 8.70. The summed E-state index contributed by atoms with van der Waals surface area (Å²) in [5.74, 6) is -0.891. The average Bonchev–Trinajstić information content (AvgIpc) is 1.89. The molecule has 4 nitrogen and oxygen atoms in total. The van der Waals surface area contributed by atoms with Crippen LogP contribution in [0.4, 0.5) is 0 Å². The lowest BCUT2D eigenvalue weighted by Gasteiger charge is -1.71. The Morgan fingerprint density at radius 1 is 1.70 bits per heavy atom. The lowest BCUT2D eigenvalue weighted by molar-refractivity contribution is -0.131. The molecule has 4 N–H and O–H groups in total. The van der Waals surface area contributed by atoms with Gasteiger partial charge in [-0.3, -0.25) is 0 Å². The first-order valence-electron chi connectivity index (χ1n) is 2.85. The van der Waals surface area contributed by atoms with E-state index in [1.165, 1.54) is 6.08 Å². The highest BCUT2D eigenvalue weighted by molar-refractivity contribution is 5.79. The van der Waals surface area contributed by atoms with Crippen LogP contribution >= 0.6 is 0 Å². The topological polar surface area (TPSA) is 83.5 Å². The molecule has 0 aliphatic rings. The summed E-state index contributed by atoms with van der Waals surface area (Å²) in [5, 5.41) is 15.6. The zero-order valence-corrected chi connectivity index (χ0v) is 5.95. The van der Waals surface area contributed by atoms with Crippen LogP contribution in [0.2, 0.25) is 0 Å². The molecular weight excluding hydrogens is 134 g/mol. The minimum absolute atomic E-state index is 0.0972. The molecule has 0 spiro atoms. The molecule has 10 heavy (non-hydrogen) atoms. The van der Waals surface area contributed by atoms with Gasteiger partial charge in [0.25, 0.3) is 0 Å². The van der Waals surface area contributed by atoms with E-state index in [4.69, 9.17) is 15.9 Å². The summed E-state index contributed by atoms with van der Waals surface area (Å²) >= 11 is 0. The Labute approximate surface area is 60.0 Å². The van der Waals surface area contributed by atoms with Gasteiger partial charge in [-0.05, 0) is 6.92 Å². The lowest BCUT2D eigenvalue weighted by Crippen LogP contribution is -2.02. The standard InChI is InChI=1S/C4H6O2.C2H7NO/c1-2-3-4(5)6;3-1-2-4/h2-3H,1H3,(H,5,6);4H,1-3H2. The highest BCUT2D eigenvalue weighted by atomic mass is 16.4. The van der Waals surface area contributed by atoms with Crippen LogP contribution in [0.3, 0.4) is 0 Å². The van der Waals surface area contributed by atoms with E-state index in [9.17, 15) is 4.79 Å². The second-order valence-electron chi connectivity index (χ2n) is 1.35. The van der Waals surface area contributed by atoms with Crippen LogP contribution in [-0.2, 0) is 4.79 Å². The van der Waals surface area contributed by atoms with E-state index in [1.54, 1.807) is 6.92 Å². The molecule has 60 valence electrons. The van der Waals surface area contributed by atoms with Gasteiger partial charge in [-0.2, -0.15) is 0 Å². The van der Waals surface area contributed by atoms with E-state index >= 15 is 0 Å². The van der Waals surface area contributed by atoms with Gasteiger partial charge in [0.2, 0.25) is 0 Å². The number of aliphatic hydroxyl groups is 1. The summed E-state index contributed by atoms with van der Waals surface area (Å²) in [7, 11) is 0. The van der Waals surface area contributed by atoms with Gasteiger partial charge in [0.1, 0.15) is 0 Å². The molecule has 0 aliphatic heterocycles. The molecule has 0 atom stereocenters. The third kappa shape index (κ3) is 27.3. The van der Waals surface area contributed by atoms with Crippen molar-refractivity contribution in [3.8, 4) is 0 Å². The number of hydrogen-bond acceptors (Lipinski definition) is 3. The van der Waals surface area contributed by atoms with E-state index in [0.29, 0.717) is 6.54 Å². The zero-order chi connectivity index (χ0) is 8.41. The Morgan fingerprint density at radius 2 is 2.10 bits per heavy atom. The van der Waals surface area contributed by atoms with E-state index in [-0.39, 0.29) is 6.61 Å². The molecule has 0 bridgehead atoms. The summed E-state index contributed by atoms with van der Waals surface area (Å²) in [4.78, 5) is 9.51. The van der Waals surface area contributed by atoms with Gasteiger partial charge in [0, 0.05) is 12.6 Å². The molecular formula is C6H13NO3. The van der Waals surface area contributed by atoms with Crippen molar-refractivity contribution in [1.82, 2.24) is 0 Å². The van der Waals surface area contributed by atoms with Crippen molar-refractivity contribution in [3.63, 3.8) is 0 Å². The number of rotatable bonds is 2. The van der Waals surface area contributed by atoms with Crippen LogP contribution in [0.15, 0.2) is 12.2 Å². The van der Waals surface area contributed by atoms with Gasteiger partial charge >= 0.3 is 5.97 Å². The molecule has 0 rings (SSSR count). The van der Waals surface area contributed by atoms with Crippen LogP contribution in [0.5, 0.6) is 0 Å². The molecule has 0 saturated heterocycles. The fraction of sp³-hybridized carbons (Fsp3) is 0.500. The Bertz CT molecular complexity index is 99.2. The summed E-state index contributed by atoms with van der Waals surface area (Å²) < 4.78 is 0. The monoisotopic (exact) mass is 147 g/mol.